The Bertz CT molecular complexity index is 1000. The van der Waals surface area contributed by atoms with E-state index in [-0.39, 0.29) is 22.5 Å². The van der Waals surface area contributed by atoms with Crippen LogP contribution in [0.1, 0.15) is 15.9 Å². The number of halogens is 1. The SMILES string of the molecule is Br.O=C([O-])c1cccc(C[P+](c2ccccc2)(c2ccccc2)c2ccccc2)c1. The van der Waals surface area contributed by atoms with Crippen LogP contribution in [0, 0.1) is 0 Å². The molecule has 0 saturated heterocycles. The lowest BCUT2D eigenvalue weighted by Gasteiger charge is -2.28. The lowest BCUT2D eigenvalue weighted by Crippen LogP contribution is -2.32. The van der Waals surface area contributed by atoms with Crippen LogP contribution in [-0.2, 0) is 6.16 Å². The Morgan fingerprint density at radius 3 is 1.47 bits per heavy atom. The predicted molar refractivity (Wildman–Crippen MR) is 130 cm³/mol. The number of rotatable bonds is 6. The summed E-state index contributed by atoms with van der Waals surface area (Å²) in [7, 11) is -2.04. The van der Waals surface area contributed by atoms with Crippen molar-refractivity contribution >= 4 is 46.1 Å². The molecule has 2 nitrogen and oxygen atoms in total. The van der Waals surface area contributed by atoms with Crippen LogP contribution in [-0.4, -0.2) is 5.97 Å². The average molecular weight is 477 g/mol. The molecule has 0 heterocycles. The van der Waals surface area contributed by atoms with Crippen LogP contribution in [0.25, 0.3) is 0 Å². The van der Waals surface area contributed by atoms with Crippen LogP contribution < -0.4 is 21.0 Å². The second kappa shape index (κ2) is 9.84. The van der Waals surface area contributed by atoms with Gasteiger partial charge in [0.05, 0.1) is 12.1 Å². The van der Waals surface area contributed by atoms with Gasteiger partial charge in [-0.1, -0.05) is 72.8 Å². The van der Waals surface area contributed by atoms with E-state index < -0.39 is 13.2 Å². The lowest BCUT2D eigenvalue weighted by atomic mass is 10.1. The van der Waals surface area contributed by atoms with Gasteiger partial charge in [-0.3, -0.25) is 0 Å². The summed E-state index contributed by atoms with van der Waals surface area (Å²) in [5.74, 6) is -1.14. The van der Waals surface area contributed by atoms with Crippen molar-refractivity contribution in [2.24, 2.45) is 0 Å². The highest BCUT2D eigenvalue weighted by Gasteiger charge is 2.45. The lowest BCUT2D eigenvalue weighted by molar-refractivity contribution is -0.255. The Balaban J connectivity index is 0.00000256. The van der Waals surface area contributed by atoms with Crippen molar-refractivity contribution in [3.8, 4) is 0 Å². The van der Waals surface area contributed by atoms with Crippen LogP contribution >= 0.6 is 24.2 Å². The molecule has 0 saturated carbocycles. The van der Waals surface area contributed by atoms with Crippen LogP contribution in [0.4, 0.5) is 0 Å². The van der Waals surface area contributed by atoms with E-state index >= 15 is 0 Å². The Kier molecular flexibility index (Phi) is 7.20. The van der Waals surface area contributed by atoms with Gasteiger partial charge in [-0.25, -0.2) is 0 Å². The van der Waals surface area contributed by atoms with E-state index in [9.17, 15) is 9.90 Å². The van der Waals surface area contributed by atoms with E-state index in [1.165, 1.54) is 15.9 Å². The van der Waals surface area contributed by atoms with Gasteiger partial charge in [-0.05, 0) is 53.6 Å². The van der Waals surface area contributed by atoms with E-state index in [1.54, 1.807) is 18.2 Å². The highest BCUT2D eigenvalue weighted by Crippen LogP contribution is 2.58. The van der Waals surface area contributed by atoms with E-state index in [2.05, 4.69) is 72.8 Å². The molecule has 30 heavy (non-hydrogen) atoms. The summed E-state index contributed by atoms with van der Waals surface area (Å²) in [6.45, 7) is 0. The summed E-state index contributed by atoms with van der Waals surface area (Å²) in [5.41, 5.74) is 1.21. The molecule has 0 amide bonds. The van der Waals surface area contributed by atoms with Gasteiger partial charge >= 0.3 is 0 Å². The molecule has 0 N–H and O–H groups in total. The second-order valence-corrected chi connectivity index (χ2v) is 10.4. The monoisotopic (exact) mass is 476 g/mol. The molecule has 4 aromatic carbocycles. The Morgan fingerprint density at radius 2 is 1.07 bits per heavy atom. The maximum atomic E-state index is 11.4. The van der Waals surface area contributed by atoms with E-state index in [0.29, 0.717) is 0 Å². The zero-order valence-electron chi connectivity index (χ0n) is 16.3. The molecule has 150 valence electrons. The molecule has 0 aliphatic heterocycles. The molecule has 0 radical (unpaired) electrons. The van der Waals surface area contributed by atoms with Crippen molar-refractivity contribution in [1.82, 2.24) is 0 Å². The fraction of sp³-hybridized carbons (Fsp3) is 0.0385. The number of hydrogen-bond donors (Lipinski definition) is 0. The summed E-state index contributed by atoms with van der Waals surface area (Å²) in [6, 6.07) is 38.9. The maximum Gasteiger partial charge on any atom is 0.116 e. The number of aromatic carboxylic acids is 1. The highest BCUT2D eigenvalue weighted by atomic mass is 79.9. The van der Waals surface area contributed by atoms with E-state index in [4.69, 9.17) is 0 Å². The molecule has 0 aliphatic carbocycles. The zero-order valence-corrected chi connectivity index (χ0v) is 19.0. The Morgan fingerprint density at radius 1 is 0.633 bits per heavy atom. The molecule has 4 heteroatoms. The molecule has 0 atom stereocenters. The highest BCUT2D eigenvalue weighted by molar-refractivity contribution is 8.93. The summed E-state index contributed by atoms with van der Waals surface area (Å²) in [4.78, 5) is 11.4. The van der Waals surface area contributed by atoms with Gasteiger partial charge < -0.3 is 9.90 Å². The van der Waals surface area contributed by atoms with Gasteiger partial charge in [-0.2, -0.15) is 0 Å². The normalized spacial score (nSPS) is 10.8. The van der Waals surface area contributed by atoms with Gasteiger partial charge in [0, 0.05) is 0 Å². The molecule has 0 aliphatic rings. The summed E-state index contributed by atoms with van der Waals surface area (Å²) in [6.07, 6.45) is 0.742. The minimum Gasteiger partial charge on any atom is -0.545 e. The quantitative estimate of drug-likeness (QED) is 0.392. The van der Waals surface area contributed by atoms with Crippen molar-refractivity contribution in [2.75, 3.05) is 0 Å². The fourth-order valence-corrected chi connectivity index (χ4v) is 8.07. The van der Waals surface area contributed by atoms with Crippen molar-refractivity contribution in [1.29, 1.82) is 0 Å². The Labute approximate surface area is 188 Å². The molecule has 4 rings (SSSR count). The largest absolute Gasteiger partial charge is 0.545 e. The summed E-state index contributed by atoms with van der Waals surface area (Å²) < 4.78 is 0. The molecule has 0 fully saturated rings. The molecule has 4 aromatic rings. The number of carboxylic acid groups (broad SMARTS) is 1. The second-order valence-electron chi connectivity index (χ2n) is 6.96. The van der Waals surface area contributed by atoms with Crippen LogP contribution in [0.2, 0.25) is 0 Å². The first kappa shape index (κ1) is 22.0. The van der Waals surface area contributed by atoms with Crippen molar-refractivity contribution in [3.63, 3.8) is 0 Å². The maximum absolute atomic E-state index is 11.4. The molecule has 0 aromatic heterocycles. The van der Waals surface area contributed by atoms with E-state index in [0.717, 1.165) is 11.7 Å². The van der Waals surface area contributed by atoms with E-state index in [1.807, 2.05) is 24.3 Å². The zero-order chi connectivity index (χ0) is 20.1. The molecule has 0 spiro atoms. The smallest absolute Gasteiger partial charge is 0.116 e. The predicted octanol–water partition coefficient (Wildman–Crippen LogP) is 4.12. The van der Waals surface area contributed by atoms with Crippen molar-refractivity contribution in [3.05, 3.63) is 126 Å². The third-order valence-electron chi connectivity index (χ3n) is 5.17. The third kappa shape index (κ3) is 4.38. The standard InChI is InChI=1S/C26H21O2P.BrH/c27-26(28)22-12-10-11-21(19-22)20-29(23-13-4-1-5-14-23,24-15-6-2-7-16-24)25-17-8-3-9-18-25;/h1-19H,20H2;1H. The van der Waals surface area contributed by atoms with Crippen LogP contribution in [0.3, 0.4) is 0 Å². The minimum absolute atomic E-state index is 0. The van der Waals surface area contributed by atoms with Gasteiger partial charge in [0.1, 0.15) is 23.2 Å². The molecular weight excluding hydrogens is 455 g/mol. The molecule has 0 unspecified atom stereocenters. The summed E-state index contributed by atoms with van der Waals surface area (Å²) in [5, 5.41) is 15.2. The number of carbonyl (C=O) groups is 1. The van der Waals surface area contributed by atoms with Crippen molar-refractivity contribution in [2.45, 2.75) is 6.16 Å². The summed E-state index contributed by atoms with van der Waals surface area (Å²) >= 11 is 0. The number of benzene rings is 4. The first-order chi connectivity index (χ1) is 14.2. The van der Waals surface area contributed by atoms with Crippen LogP contribution in [0.5, 0.6) is 0 Å². The van der Waals surface area contributed by atoms with Gasteiger partial charge in [-0.15, -0.1) is 17.0 Å². The average Bonchev–Trinajstić information content (AvgIpc) is 2.79. The number of carbonyl (C=O) groups excluding carboxylic acids is 1. The van der Waals surface area contributed by atoms with Gasteiger partial charge in [0.25, 0.3) is 0 Å². The minimum atomic E-state index is -2.04. The number of hydrogen-bond acceptors (Lipinski definition) is 2. The Hall–Kier alpha value is -2.74. The fourth-order valence-electron chi connectivity index (χ4n) is 3.84. The topological polar surface area (TPSA) is 40.1 Å². The van der Waals surface area contributed by atoms with Crippen molar-refractivity contribution < 1.29 is 9.90 Å². The third-order valence-corrected chi connectivity index (χ3v) is 9.55. The first-order valence-corrected chi connectivity index (χ1v) is 11.5. The van der Waals surface area contributed by atoms with Crippen LogP contribution in [0.15, 0.2) is 115 Å². The molecule has 0 bridgehead atoms. The van der Waals surface area contributed by atoms with Gasteiger partial charge in [0.2, 0.25) is 0 Å². The molecular formula is C26H22BrO2P. The van der Waals surface area contributed by atoms with Gasteiger partial charge in [0.15, 0.2) is 0 Å². The number of carboxylic acids is 1. The first-order valence-electron chi connectivity index (χ1n) is 9.55.